The molecule has 0 aliphatic carbocycles. The van der Waals surface area contributed by atoms with Gasteiger partial charge in [0.05, 0.1) is 6.26 Å². The van der Waals surface area contributed by atoms with Crippen LogP contribution in [0.4, 0.5) is 0 Å². The Labute approximate surface area is 44.1 Å². The molecule has 31 valence electrons. The predicted octanol–water partition coefficient (Wildman–Crippen LogP) is 1.84. The van der Waals surface area contributed by atoms with Crippen LogP contribution in [0.5, 0.6) is 0 Å². The highest BCUT2D eigenvalue weighted by Crippen LogP contribution is 2.05. The largest absolute Gasteiger partial charge is 0.457 e. The lowest BCUT2D eigenvalue weighted by Crippen LogP contribution is -1.37. The zero-order valence-electron chi connectivity index (χ0n) is 2.94. The van der Waals surface area contributed by atoms with Crippen molar-refractivity contribution in [1.82, 2.24) is 0 Å². The first-order valence-electron chi connectivity index (χ1n) is 1.50. The lowest BCUT2D eigenvalue weighted by atomic mass is 10.7. The first-order chi connectivity index (χ1) is 2.89. The average Bonchev–Trinajstić information content (AvgIpc) is 1.86. The van der Waals surface area contributed by atoms with E-state index in [9.17, 15) is 0 Å². The van der Waals surface area contributed by atoms with Crippen molar-refractivity contribution >= 4 is 15.9 Å². The van der Waals surface area contributed by atoms with E-state index in [4.69, 9.17) is 4.42 Å². The summed E-state index contributed by atoms with van der Waals surface area (Å²) in [6, 6.07) is 4.45. The minimum Gasteiger partial charge on any atom is -0.457 e. The number of rotatable bonds is 0. The molecule has 1 radical (unpaired) electrons. The molecule has 6 heavy (non-hydrogen) atoms. The van der Waals surface area contributed by atoms with E-state index in [1.54, 1.807) is 12.3 Å². The first kappa shape index (κ1) is 3.93. The summed E-state index contributed by atoms with van der Waals surface area (Å²) in [5.41, 5.74) is 0. The normalized spacial score (nSPS) is 8.83. The molecule has 0 saturated carbocycles. The Bertz CT molecular complexity index is 111. The molecule has 0 unspecified atom stereocenters. The highest BCUT2D eigenvalue weighted by molar-refractivity contribution is 9.10. The van der Waals surface area contributed by atoms with Crippen LogP contribution in [-0.4, -0.2) is 0 Å². The van der Waals surface area contributed by atoms with Gasteiger partial charge in [-0.2, -0.15) is 0 Å². The van der Waals surface area contributed by atoms with Gasteiger partial charge in [0.15, 0.2) is 4.67 Å². The maximum Gasteiger partial charge on any atom is 0.176 e. The van der Waals surface area contributed by atoms with Gasteiger partial charge in [-0.25, -0.2) is 0 Å². The van der Waals surface area contributed by atoms with Crippen molar-refractivity contribution in [2.45, 2.75) is 0 Å². The van der Waals surface area contributed by atoms with E-state index < -0.39 is 0 Å². The second kappa shape index (κ2) is 1.47. The molecule has 0 spiro atoms. The molecule has 0 amide bonds. The molecule has 1 nitrogen and oxygen atoms in total. The number of halogens is 1. The molecular weight excluding hydrogens is 144 g/mol. The van der Waals surface area contributed by atoms with E-state index in [1.807, 2.05) is 0 Å². The lowest BCUT2D eigenvalue weighted by molar-refractivity contribution is 0.540. The Hall–Kier alpha value is -0.240. The van der Waals surface area contributed by atoms with Gasteiger partial charge in [-0.3, -0.25) is 0 Å². The fourth-order valence-corrected chi connectivity index (χ4v) is 0.467. The minimum atomic E-state index is 0.655. The van der Waals surface area contributed by atoms with E-state index >= 15 is 0 Å². The van der Waals surface area contributed by atoms with Crippen molar-refractivity contribution in [1.29, 1.82) is 0 Å². The summed E-state index contributed by atoms with van der Waals surface area (Å²) in [5, 5.41) is 0. The summed E-state index contributed by atoms with van der Waals surface area (Å²) in [6.45, 7) is 0. The monoisotopic (exact) mass is 145 g/mol. The molecule has 0 fully saturated rings. The molecule has 1 aromatic heterocycles. The zero-order chi connectivity index (χ0) is 4.41. The molecule has 0 aliphatic rings. The second-order valence-corrected chi connectivity index (χ2v) is 1.56. The summed E-state index contributed by atoms with van der Waals surface area (Å²) in [4.78, 5) is 0. The van der Waals surface area contributed by atoms with Crippen LogP contribution in [-0.2, 0) is 0 Å². The van der Waals surface area contributed by atoms with Gasteiger partial charge in [0.1, 0.15) is 0 Å². The van der Waals surface area contributed by atoms with Gasteiger partial charge in [-0.15, -0.1) is 0 Å². The summed E-state index contributed by atoms with van der Waals surface area (Å²) < 4.78 is 5.35. The molecular formula is C4H2BrO. The molecule has 0 atom stereocenters. The van der Waals surface area contributed by atoms with Crippen LogP contribution in [0.1, 0.15) is 0 Å². The molecule has 0 aromatic carbocycles. The molecule has 1 rings (SSSR count). The molecule has 1 heterocycles. The van der Waals surface area contributed by atoms with Crippen molar-refractivity contribution in [3.63, 3.8) is 0 Å². The van der Waals surface area contributed by atoms with E-state index in [-0.39, 0.29) is 0 Å². The quantitative estimate of drug-likeness (QED) is 0.544. The highest BCUT2D eigenvalue weighted by Gasteiger charge is 1.79. The topological polar surface area (TPSA) is 13.1 Å². The van der Waals surface area contributed by atoms with Crippen molar-refractivity contribution in [2.24, 2.45) is 0 Å². The summed E-state index contributed by atoms with van der Waals surface area (Å²) in [7, 11) is 0. The van der Waals surface area contributed by atoms with Gasteiger partial charge in [0.25, 0.3) is 0 Å². The molecule has 0 aliphatic heterocycles. The maximum absolute atomic E-state index is 4.69. The molecule has 1 aromatic rings. The smallest absolute Gasteiger partial charge is 0.176 e. The van der Waals surface area contributed by atoms with E-state index in [1.165, 1.54) is 0 Å². The first-order valence-corrected chi connectivity index (χ1v) is 2.29. The third-order valence-electron chi connectivity index (χ3n) is 0.436. The van der Waals surface area contributed by atoms with Crippen LogP contribution in [0.25, 0.3) is 0 Å². The van der Waals surface area contributed by atoms with Gasteiger partial charge in [0.2, 0.25) is 0 Å². The predicted molar refractivity (Wildman–Crippen MR) is 25.2 cm³/mol. The van der Waals surface area contributed by atoms with E-state index in [2.05, 4.69) is 22.0 Å². The fraction of sp³-hybridized carbons (Fsp3) is 0. The third-order valence-corrected chi connectivity index (χ3v) is 0.852. The SMILES string of the molecule is Brc1[c]cco1. The Morgan fingerprint density at radius 2 is 2.67 bits per heavy atom. The van der Waals surface area contributed by atoms with Gasteiger partial charge < -0.3 is 4.42 Å². The van der Waals surface area contributed by atoms with E-state index in [0.29, 0.717) is 4.67 Å². The standard InChI is InChI=1S/C4H2BrO/c5-4-2-1-3-6-4/h1,3H. The van der Waals surface area contributed by atoms with Crippen molar-refractivity contribution in [2.75, 3.05) is 0 Å². The number of furan rings is 1. The van der Waals surface area contributed by atoms with Gasteiger partial charge in [0, 0.05) is 6.07 Å². The number of hydrogen-bond acceptors (Lipinski definition) is 1. The molecule has 0 N–H and O–H groups in total. The van der Waals surface area contributed by atoms with Gasteiger partial charge in [-0.05, 0) is 22.0 Å². The molecule has 2 heteroatoms. The van der Waals surface area contributed by atoms with Crippen LogP contribution in [0, 0.1) is 6.07 Å². The zero-order valence-corrected chi connectivity index (χ0v) is 4.53. The summed E-state index contributed by atoms with van der Waals surface area (Å²) in [5.74, 6) is 0. The Balaban J connectivity index is 3.05. The molecule has 0 saturated heterocycles. The van der Waals surface area contributed by atoms with Gasteiger partial charge in [-0.1, -0.05) is 0 Å². The second-order valence-electron chi connectivity index (χ2n) is 0.839. The Morgan fingerprint density at radius 1 is 1.83 bits per heavy atom. The third kappa shape index (κ3) is 0.627. The molecule has 0 bridgehead atoms. The average molecular weight is 146 g/mol. The summed E-state index contributed by atoms with van der Waals surface area (Å²) in [6.07, 6.45) is 1.56. The van der Waals surface area contributed by atoms with Gasteiger partial charge >= 0.3 is 0 Å². The Kier molecular flexibility index (Phi) is 0.965. The van der Waals surface area contributed by atoms with Crippen molar-refractivity contribution in [3.8, 4) is 0 Å². The van der Waals surface area contributed by atoms with Crippen LogP contribution in [0.3, 0.4) is 0 Å². The van der Waals surface area contributed by atoms with Crippen LogP contribution < -0.4 is 0 Å². The lowest BCUT2D eigenvalue weighted by Gasteiger charge is -1.65. The van der Waals surface area contributed by atoms with E-state index in [0.717, 1.165) is 0 Å². The van der Waals surface area contributed by atoms with Crippen LogP contribution in [0.2, 0.25) is 0 Å². The van der Waals surface area contributed by atoms with Crippen LogP contribution >= 0.6 is 15.9 Å². The van der Waals surface area contributed by atoms with Crippen LogP contribution in [0.15, 0.2) is 21.4 Å². The Morgan fingerprint density at radius 3 is 2.83 bits per heavy atom. The summed E-state index contributed by atoms with van der Waals surface area (Å²) >= 11 is 3.06. The van der Waals surface area contributed by atoms with Crippen molar-refractivity contribution in [3.05, 3.63) is 23.1 Å². The highest BCUT2D eigenvalue weighted by atomic mass is 79.9. The minimum absolute atomic E-state index is 0.655. The fourth-order valence-electron chi connectivity index (χ4n) is 0.227. The maximum atomic E-state index is 4.69. The van der Waals surface area contributed by atoms with Crippen molar-refractivity contribution < 1.29 is 4.42 Å². The number of hydrogen-bond donors (Lipinski definition) is 0.